The van der Waals surface area contributed by atoms with Crippen molar-refractivity contribution in [3.8, 4) is 22.8 Å². The maximum Gasteiger partial charge on any atom is 0.243 e. The van der Waals surface area contributed by atoms with Crippen LogP contribution >= 0.6 is 11.3 Å². The summed E-state index contributed by atoms with van der Waals surface area (Å²) in [6.45, 7) is 8.70. The van der Waals surface area contributed by atoms with Gasteiger partial charge in [-0.25, -0.2) is 4.98 Å². The zero-order valence-corrected chi connectivity index (χ0v) is 21.2. The number of benzene rings is 2. The molecule has 0 spiro atoms. The molecule has 2 N–H and O–H groups in total. The van der Waals surface area contributed by atoms with Crippen molar-refractivity contribution in [2.75, 3.05) is 35.9 Å². The van der Waals surface area contributed by atoms with E-state index in [0.29, 0.717) is 22.3 Å². The van der Waals surface area contributed by atoms with Gasteiger partial charge < -0.3 is 25.0 Å². The number of anilines is 3. The summed E-state index contributed by atoms with van der Waals surface area (Å²) >= 11 is 1.44. The molecule has 0 bridgehead atoms. The van der Waals surface area contributed by atoms with E-state index >= 15 is 0 Å². The number of aryl methyl sites for hydroxylation is 1. The second-order valence-electron chi connectivity index (χ2n) is 9.60. The predicted molar refractivity (Wildman–Crippen MR) is 139 cm³/mol. The maximum atomic E-state index is 12.7. The number of rotatable bonds is 6. The average Bonchev–Trinajstić information content (AvgIpc) is 3.49. The first-order chi connectivity index (χ1) is 16.7. The van der Waals surface area contributed by atoms with Crippen LogP contribution in [0.4, 0.5) is 16.6 Å². The molecule has 182 valence electrons. The number of hydrogen-bond donors (Lipinski definition) is 2. The van der Waals surface area contributed by atoms with Crippen LogP contribution in [0.3, 0.4) is 0 Å². The number of nitrogens with one attached hydrogen (secondary N) is 2. The molecule has 9 nitrogen and oxygen atoms in total. The number of hydrogen-bond acceptors (Lipinski definition) is 8. The zero-order chi connectivity index (χ0) is 24.7. The molecule has 0 unspecified atom stereocenters. The lowest BCUT2D eigenvalue weighted by atomic mass is 10.1. The highest BCUT2D eigenvalue weighted by Crippen LogP contribution is 2.35. The van der Waals surface area contributed by atoms with Gasteiger partial charge in [0.2, 0.25) is 22.8 Å². The second-order valence-corrected chi connectivity index (χ2v) is 10.5. The van der Waals surface area contributed by atoms with E-state index < -0.39 is 0 Å². The van der Waals surface area contributed by atoms with Crippen molar-refractivity contribution in [1.82, 2.24) is 14.6 Å². The highest BCUT2D eigenvalue weighted by atomic mass is 32.1. The normalized spacial score (nSPS) is 12.7. The van der Waals surface area contributed by atoms with Gasteiger partial charge in [-0.2, -0.15) is 4.52 Å². The van der Waals surface area contributed by atoms with Gasteiger partial charge >= 0.3 is 0 Å². The zero-order valence-electron chi connectivity index (χ0n) is 20.4. The Morgan fingerprint density at radius 1 is 1.14 bits per heavy atom. The smallest absolute Gasteiger partial charge is 0.243 e. The number of carbonyl (C=O) groups excluding carboxylic acids is 1. The van der Waals surface area contributed by atoms with Crippen LogP contribution in [0, 0.1) is 6.92 Å². The molecule has 1 aliphatic rings. The van der Waals surface area contributed by atoms with Crippen LogP contribution in [-0.4, -0.2) is 46.4 Å². The van der Waals surface area contributed by atoms with Gasteiger partial charge in [-0.05, 0) is 39.8 Å². The van der Waals surface area contributed by atoms with Crippen LogP contribution in [0.2, 0.25) is 0 Å². The molecular weight excluding hydrogens is 464 g/mol. The highest BCUT2D eigenvalue weighted by Gasteiger charge is 2.23. The Kier molecular flexibility index (Phi) is 5.76. The van der Waals surface area contributed by atoms with Crippen LogP contribution in [-0.2, 0) is 4.79 Å². The number of aromatic nitrogens is 3. The number of imidazole rings is 1. The van der Waals surface area contributed by atoms with Gasteiger partial charge in [0.25, 0.3) is 0 Å². The molecule has 35 heavy (non-hydrogen) atoms. The van der Waals surface area contributed by atoms with Crippen LogP contribution in [0.15, 0.2) is 42.5 Å². The Bertz CT molecular complexity index is 1390. The molecule has 2 aromatic carbocycles. The minimum absolute atomic E-state index is 0.137. The quantitative estimate of drug-likeness (QED) is 0.400. The fraction of sp³-hybridized carbons (Fsp3) is 0.320. The third kappa shape index (κ3) is 4.88. The molecule has 0 aliphatic carbocycles. The molecule has 3 heterocycles. The lowest BCUT2D eigenvalue weighted by molar-refractivity contribution is -0.114. The molecule has 2 aromatic heterocycles. The number of fused-ring (bicyclic) bond motifs is 2. The topological polar surface area (TPSA) is 93.0 Å². The minimum Gasteiger partial charge on any atom is -0.454 e. The van der Waals surface area contributed by atoms with Crippen molar-refractivity contribution in [3.05, 3.63) is 48.0 Å². The Labute approximate surface area is 207 Å². The van der Waals surface area contributed by atoms with Crippen molar-refractivity contribution in [2.24, 2.45) is 0 Å². The Balaban J connectivity index is 1.37. The fourth-order valence-electron chi connectivity index (χ4n) is 3.73. The molecule has 0 saturated heterocycles. The molecule has 0 saturated carbocycles. The third-order valence-electron chi connectivity index (χ3n) is 5.37. The summed E-state index contributed by atoms with van der Waals surface area (Å²) in [6.07, 6.45) is 0. The number of nitrogens with zero attached hydrogens (tertiary/aromatic N) is 4. The van der Waals surface area contributed by atoms with E-state index in [4.69, 9.17) is 19.6 Å². The van der Waals surface area contributed by atoms with Crippen molar-refractivity contribution in [3.63, 3.8) is 0 Å². The first-order valence-electron chi connectivity index (χ1n) is 11.3. The van der Waals surface area contributed by atoms with Crippen molar-refractivity contribution in [1.29, 1.82) is 0 Å². The molecule has 1 amide bonds. The van der Waals surface area contributed by atoms with E-state index in [-0.39, 0.29) is 24.8 Å². The molecule has 10 heteroatoms. The first-order valence-corrected chi connectivity index (χ1v) is 12.1. The summed E-state index contributed by atoms with van der Waals surface area (Å²) in [6, 6.07) is 13.6. The van der Waals surface area contributed by atoms with Crippen LogP contribution in [0.5, 0.6) is 11.5 Å². The van der Waals surface area contributed by atoms with Gasteiger partial charge in [0, 0.05) is 29.9 Å². The first kappa shape index (κ1) is 23.0. The third-order valence-corrected chi connectivity index (χ3v) is 6.40. The summed E-state index contributed by atoms with van der Waals surface area (Å²) in [4.78, 5) is 20.1. The van der Waals surface area contributed by atoms with Gasteiger partial charge in [0.15, 0.2) is 17.3 Å². The lowest BCUT2D eigenvalue weighted by Crippen LogP contribution is -2.30. The van der Waals surface area contributed by atoms with Crippen LogP contribution in [0.1, 0.15) is 26.3 Å². The molecular formula is C25H28N6O3S. The number of likely N-dealkylation sites (N-methyl/N-ethyl adjacent to an activating group) is 1. The Hall–Kier alpha value is -3.79. The van der Waals surface area contributed by atoms with Gasteiger partial charge in [-0.3, -0.25) is 4.79 Å². The second kappa shape index (κ2) is 8.77. The maximum absolute atomic E-state index is 12.7. The molecule has 0 radical (unpaired) electrons. The average molecular weight is 493 g/mol. The van der Waals surface area contributed by atoms with Crippen molar-refractivity contribution < 1.29 is 14.3 Å². The van der Waals surface area contributed by atoms with Gasteiger partial charge in [-0.15, -0.1) is 5.10 Å². The van der Waals surface area contributed by atoms with E-state index in [2.05, 4.69) is 62.6 Å². The monoisotopic (exact) mass is 492 g/mol. The van der Waals surface area contributed by atoms with Crippen LogP contribution in [0.25, 0.3) is 16.2 Å². The summed E-state index contributed by atoms with van der Waals surface area (Å²) in [7, 11) is 1.84. The predicted octanol–water partition coefficient (Wildman–Crippen LogP) is 4.78. The Morgan fingerprint density at radius 3 is 2.63 bits per heavy atom. The van der Waals surface area contributed by atoms with Crippen molar-refractivity contribution >= 4 is 38.8 Å². The molecule has 0 atom stereocenters. The minimum atomic E-state index is -0.185. The SMILES string of the molecule is Cc1ccc(-c2nc3sc(N(C)CC(=O)Nc4ccc5c(c4)OCO5)nn3c2NC(C)(C)C)cc1. The molecule has 5 rings (SSSR count). The summed E-state index contributed by atoms with van der Waals surface area (Å²) in [5.74, 6) is 1.97. The molecule has 0 fully saturated rings. The van der Waals surface area contributed by atoms with Gasteiger partial charge in [0.1, 0.15) is 5.69 Å². The van der Waals surface area contributed by atoms with E-state index in [1.54, 1.807) is 18.2 Å². The summed E-state index contributed by atoms with van der Waals surface area (Å²) in [5.41, 5.74) is 3.55. The van der Waals surface area contributed by atoms with E-state index in [1.807, 2.05) is 16.5 Å². The molecule has 4 aromatic rings. The lowest BCUT2D eigenvalue weighted by Gasteiger charge is -2.22. The van der Waals surface area contributed by atoms with E-state index in [1.165, 1.54) is 16.9 Å². The number of carbonyl (C=O) groups is 1. The summed E-state index contributed by atoms with van der Waals surface area (Å²) in [5, 5.41) is 11.9. The van der Waals surface area contributed by atoms with Crippen LogP contribution < -0.4 is 25.0 Å². The van der Waals surface area contributed by atoms with Crippen molar-refractivity contribution in [2.45, 2.75) is 33.2 Å². The Morgan fingerprint density at radius 2 is 1.89 bits per heavy atom. The fourth-order valence-corrected chi connectivity index (χ4v) is 4.59. The van der Waals surface area contributed by atoms with E-state index in [9.17, 15) is 4.79 Å². The van der Waals surface area contributed by atoms with Gasteiger partial charge in [0.05, 0.1) is 6.54 Å². The standard InChI is InChI=1S/C25H28N6O3S/c1-15-6-8-16(9-7-15)21-22(28-25(2,3)4)31-23(27-21)35-24(29-31)30(5)13-20(32)26-17-10-11-18-19(12-17)34-14-33-18/h6-12,28H,13-14H2,1-5H3,(H,26,32). The number of amides is 1. The molecule has 1 aliphatic heterocycles. The largest absolute Gasteiger partial charge is 0.454 e. The van der Waals surface area contributed by atoms with Gasteiger partial charge in [-0.1, -0.05) is 41.2 Å². The number of ether oxygens (including phenoxy) is 2. The summed E-state index contributed by atoms with van der Waals surface area (Å²) < 4.78 is 12.5. The van der Waals surface area contributed by atoms with E-state index in [0.717, 1.165) is 22.0 Å². The highest BCUT2D eigenvalue weighted by molar-refractivity contribution is 7.20.